The van der Waals surface area contributed by atoms with E-state index in [1.54, 1.807) is 30.3 Å². The molecule has 0 bridgehead atoms. The summed E-state index contributed by atoms with van der Waals surface area (Å²) in [6.45, 7) is 6.87. The summed E-state index contributed by atoms with van der Waals surface area (Å²) in [6, 6.07) is 11.4. The predicted octanol–water partition coefficient (Wildman–Crippen LogP) is 4.44. The van der Waals surface area contributed by atoms with Gasteiger partial charge in [-0.25, -0.2) is 18.0 Å². The van der Waals surface area contributed by atoms with Crippen molar-refractivity contribution >= 4 is 33.3 Å². The summed E-state index contributed by atoms with van der Waals surface area (Å²) in [7, 11) is -3.85. The zero-order valence-electron chi connectivity index (χ0n) is 21.4. The highest BCUT2D eigenvalue weighted by atomic mass is 32.2. The van der Waals surface area contributed by atoms with Gasteiger partial charge < -0.3 is 20.0 Å². The third-order valence-corrected chi connectivity index (χ3v) is 7.97. The number of nitrogens with zero attached hydrogens (tertiary/aromatic N) is 2. The van der Waals surface area contributed by atoms with Gasteiger partial charge in [-0.3, -0.25) is 4.72 Å². The number of nitrogens with one attached hydrogen (secondary N) is 1. The number of alkyl halides is 3. The number of aryl methyl sites for hydroxylation is 1. The number of likely N-dealkylation sites (tertiary alicyclic amines) is 1. The molecule has 2 fully saturated rings. The highest BCUT2D eigenvalue weighted by Crippen LogP contribution is 2.33. The average Bonchev–Trinajstić information content (AvgIpc) is 3.37. The van der Waals surface area contributed by atoms with Crippen molar-refractivity contribution in [3.8, 4) is 0 Å². The number of carboxylic acids is 2. The number of benzene rings is 2. The smallest absolute Gasteiger partial charge is 0.478 e. The number of sulfonamides is 1. The lowest BCUT2D eigenvalue weighted by atomic mass is 9.96. The van der Waals surface area contributed by atoms with Gasteiger partial charge in [0.1, 0.15) is 0 Å². The minimum atomic E-state index is -5.08. The zero-order chi connectivity index (χ0) is 28.8. The maximum atomic E-state index is 13.1. The van der Waals surface area contributed by atoms with Crippen molar-refractivity contribution in [1.82, 2.24) is 4.90 Å². The van der Waals surface area contributed by atoms with Crippen LogP contribution in [0.5, 0.6) is 0 Å². The molecule has 2 aromatic carbocycles. The molecule has 4 rings (SSSR count). The van der Waals surface area contributed by atoms with Crippen LogP contribution in [-0.4, -0.2) is 74.4 Å². The number of carbonyl (C=O) groups is 2. The lowest BCUT2D eigenvalue weighted by Crippen LogP contribution is -2.40. The number of halogens is 3. The Kier molecular flexibility index (Phi) is 9.83. The molecule has 0 amide bonds. The first-order valence-electron chi connectivity index (χ1n) is 12.5. The SMILES string of the molecule is Cc1cccc(S(=O)(=O)Nc2cc(C(=O)O)ccc2N2CCCC(CN3CCCC3)C2)c1.O=C(O)C(F)(F)F. The summed E-state index contributed by atoms with van der Waals surface area (Å²) in [4.78, 5) is 25.3. The Labute approximate surface area is 225 Å². The molecule has 214 valence electrons. The van der Waals surface area contributed by atoms with E-state index < -0.39 is 28.1 Å². The van der Waals surface area contributed by atoms with Gasteiger partial charge in [0, 0.05) is 19.6 Å². The molecule has 2 heterocycles. The first-order valence-corrected chi connectivity index (χ1v) is 14.0. The van der Waals surface area contributed by atoms with Crippen LogP contribution in [0.15, 0.2) is 47.4 Å². The normalized spacial score (nSPS) is 18.3. The molecule has 39 heavy (non-hydrogen) atoms. The summed E-state index contributed by atoms with van der Waals surface area (Å²) >= 11 is 0. The minimum Gasteiger partial charge on any atom is -0.478 e. The standard InChI is InChI=1S/C24H31N3O4S.C2HF3O2/c1-18-6-4-8-21(14-18)32(30,31)25-22-15-20(24(28)29)9-10-23(22)27-13-5-7-19(17-27)16-26-11-2-3-12-26;3-2(4,5)1(6)7/h4,6,8-10,14-15,19,25H,2-3,5,7,11-13,16-17H2,1H3,(H,28,29);(H,6,7). The van der Waals surface area contributed by atoms with Gasteiger partial charge in [0.15, 0.2) is 0 Å². The van der Waals surface area contributed by atoms with Crippen LogP contribution in [0.1, 0.15) is 41.6 Å². The topological polar surface area (TPSA) is 127 Å². The van der Waals surface area contributed by atoms with E-state index in [9.17, 15) is 31.5 Å². The molecule has 3 N–H and O–H groups in total. The number of aromatic carboxylic acids is 1. The van der Waals surface area contributed by atoms with E-state index in [0.717, 1.165) is 56.8 Å². The number of aliphatic carboxylic acids is 1. The van der Waals surface area contributed by atoms with Crippen LogP contribution in [0.25, 0.3) is 0 Å². The van der Waals surface area contributed by atoms with E-state index in [0.29, 0.717) is 11.6 Å². The van der Waals surface area contributed by atoms with Crippen LogP contribution < -0.4 is 9.62 Å². The molecule has 0 aliphatic carbocycles. The fourth-order valence-corrected chi connectivity index (χ4v) is 5.95. The first-order chi connectivity index (χ1) is 18.3. The Bertz CT molecular complexity index is 1280. The van der Waals surface area contributed by atoms with Crippen molar-refractivity contribution in [2.75, 3.05) is 42.3 Å². The van der Waals surface area contributed by atoms with Crippen molar-refractivity contribution in [3.63, 3.8) is 0 Å². The number of anilines is 2. The zero-order valence-corrected chi connectivity index (χ0v) is 22.3. The minimum absolute atomic E-state index is 0.0568. The highest BCUT2D eigenvalue weighted by molar-refractivity contribution is 7.92. The molecule has 2 aliphatic heterocycles. The Morgan fingerprint density at radius 1 is 1.03 bits per heavy atom. The van der Waals surface area contributed by atoms with Crippen LogP contribution in [0, 0.1) is 12.8 Å². The van der Waals surface area contributed by atoms with Crippen molar-refractivity contribution in [1.29, 1.82) is 0 Å². The lowest BCUT2D eigenvalue weighted by molar-refractivity contribution is -0.192. The van der Waals surface area contributed by atoms with Gasteiger partial charge in [-0.05, 0) is 87.5 Å². The molecule has 1 unspecified atom stereocenters. The van der Waals surface area contributed by atoms with E-state index in [1.165, 1.54) is 18.9 Å². The van der Waals surface area contributed by atoms with Crippen LogP contribution in [0.4, 0.5) is 24.5 Å². The van der Waals surface area contributed by atoms with Crippen LogP contribution in [0.2, 0.25) is 0 Å². The second kappa shape index (κ2) is 12.7. The van der Waals surface area contributed by atoms with E-state index in [-0.39, 0.29) is 10.5 Å². The molecular formula is C26H32F3N3O6S. The number of hydrogen-bond acceptors (Lipinski definition) is 6. The first kappa shape index (κ1) is 30.2. The quantitative estimate of drug-likeness (QED) is 0.445. The lowest BCUT2D eigenvalue weighted by Gasteiger charge is -2.37. The maximum absolute atomic E-state index is 13.1. The van der Waals surface area contributed by atoms with Gasteiger partial charge in [-0.1, -0.05) is 12.1 Å². The fraction of sp³-hybridized carbons (Fsp3) is 0.462. The predicted molar refractivity (Wildman–Crippen MR) is 140 cm³/mol. The molecule has 2 saturated heterocycles. The number of carboxylic acid groups (broad SMARTS) is 2. The molecule has 0 radical (unpaired) electrons. The van der Waals surface area contributed by atoms with Crippen molar-refractivity contribution < 1.29 is 41.4 Å². The molecule has 2 aliphatic rings. The van der Waals surface area contributed by atoms with Gasteiger partial charge in [-0.15, -0.1) is 0 Å². The number of rotatable bonds is 7. The third kappa shape index (κ3) is 8.59. The molecule has 0 aromatic heterocycles. The molecule has 2 aromatic rings. The summed E-state index contributed by atoms with van der Waals surface area (Å²) in [5.41, 5.74) is 1.94. The molecule has 1 atom stereocenters. The fourth-order valence-electron chi connectivity index (χ4n) is 4.78. The van der Waals surface area contributed by atoms with Gasteiger partial charge in [-0.2, -0.15) is 13.2 Å². The van der Waals surface area contributed by atoms with Gasteiger partial charge in [0.25, 0.3) is 10.0 Å². The van der Waals surface area contributed by atoms with Crippen LogP contribution >= 0.6 is 0 Å². The third-order valence-electron chi connectivity index (χ3n) is 6.60. The van der Waals surface area contributed by atoms with E-state index >= 15 is 0 Å². The average molecular weight is 572 g/mol. The molecular weight excluding hydrogens is 539 g/mol. The van der Waals surface area contributed by atoms with Crippen LogP contribution in [-0.2, 0) is 14.8 Å². The van der Waals surface area contributed by atoms with E-state index in [2.05, 4.69) is 14.5 Å². The Morgan fingerprint density at radius 3 is 2.28 bits per heavy atom. The largest absolute Gasteiger partial charge is 0.490 e. The number of piperidine rings is 1. The van der Waals surface area contributed by atoms with Gasteiger partial charge >= 0.3 is 18.1 Å². The monoisotopic (exact) mass is 571 g/mol. The van der Waals surface area contributed by atoms with Gasteiger partial charge in [0.2, 0.25) is 0 Å². The molecule has 13 heteroatoms. The highest BCUT2D eigenvalue weighted by Gasteiger charge is 2.38. The summed E-state index contributed by atoms with van der Waals surface area (Å²) in [6.07, 6.45) is -0.371. The second-order valence-electron chi connectivity index (χ2n) is 9.72. The summed E-state index contributed by atoms with van der Waals surface area (Å²) < 4.78 is 60.6. The molecule has 0 spiro atoms. The van der Waals surface area contributed by atoms with Crippen molar-refractivity contribution in [2.45, 2.75) is 43.7 Å². The van der Waals surface area contributed by atoms with Crippen molar-refractivity contribution in [3.05, 3.63) is 53.6 Å². The summed E-state index contributed by atoms with van der Waals surface area (Å²) in [5, 5.41) is 16.6. The Balaban J connectivity index is 0.000000532. The van der Waals surface area contributed by atoms with Crippen molar-refractivity contribution in [2.24, 2.45) is 5.92 Å². The van der Waals surface area contributed by atoms with E-state index in [1.807, 2.05) is 13.0 Å². The second-order valence-corrected chi connectivity index (χ2v) is 11.4. The van der Waals surface area contributed by atoms with Gasteiger partial charge in [0.05, 0.1) is 21.8 Å². The summed E-state index contributed by atoms with van der Waals surface area (Å²) in [5.74, 6) is -3.33. The Hall–Kier alpha value is -3.32. The Morgan fingerprint density at radius 2 is 1.69 bits per heavy atom. The number of hydrogen-bond donors (Lipinski definition) is 3. The molecule has 9 nitrogen and oxygen atoms in total. The molecule has 0 saturated carbocycles. The van der Waals surface area contributed by atoms with E-state index in [4.69, 9.17) is 9.90 Å². The van der Waals surface area contributed by atoms with Crippen LogP contribution in [0.3, 0.4) is 0 Å². The maximum Gasteiger partial charge on any atom is 0.490 e.